The molecule has 1 aromatic heterocycles. The van der Waals surface area contributed by atoms with Crippen LogP contribution < -0.4 is 5.32 Å². The summed E-state index contributed by atoms with van der Waals surface area (Å²) in [5, 5.41) is 23.0. The van der Waals surface area contributed by atoms with Crippen molar-refractivity contribution in [3.05, 3.63) is 11.8 Å². The maximum atomic E-state index is 10.3. The van der Waals surface area contributed by atoms with Crippen molar-refractivity contribution in [3.63, 3.8) is 0 Å². The number of hydrogen-bond acceptors (Lipinski definition) is 7. The molecule has 1 aromatic rings. The third-order valence-corrected chi connectivity index (χ3v) is 3.64. The maximum Gasteiger partial charge on any atom is 0.189 e. The van der Waals surface area contributed by atoms with E-state index in [1.165, 1.54) is 18.0 Å². The third-order valence-electron chi connectivity index (χ3n) is 3.08. The van der Waals surface area contributed by atoms with Crippen LogP contribution in [0.4, 0.5) is 5.82 Å². The summed E-state index contributed by atoms with van der Waals surface area (Å²) in [5.74, 6) is 0.474. The Hall–Kier alpha value is -1.36. The SMILES string of the molecule is CSc1ncc(C#N)c(NCC2(O)CCOCC2)n1. The summed E-state index contributed by atoms with van der Waals surface area (Å²) >= 11 is 1.41. The lowest BCUT2D eigenvalue weighted by molar-refractivity contribution is -0.0543. The van der Waals surface area contributed by atoms with E-state index in [0.29, 0.717) is 49.1 Å². The molecule has 1 fully saturated rings. The predicted octanol–water partition coefficient (Wildman–Crippen LogP) is 1.02. The molecule has 19 heavy (non-hydrogen) atoms. The standard InChI is InChI=1S/C12H16N4O2S/c1-19-11-14-7-9(6-13)10(16-11)15-8-12(17)2-4-18-5-3-12/h7,17H,2-5,8H2,1H3,(H,14,15,16). The number of thioether (sulfide) groups is 1. The second kappa shape index (κ2) is 6.19. The van der Waals surface area contributed by atoms with Gasteiger partial charge in [0.25, 0.3) is 0 Å². The molecule has 1 aliphatic heterocycles. The molecule has 2 rings (SSSR count). The molecule has 0 aliphatic carbocycles. The molecule has 2 N–H and O–H groups in total. The van der Waals surface area contributed by atoms with Crippen molar-refractivity contribution in [1.29, 1.82) is 5.26 Å². The second-order valence-electron chi connectivity index (χ2n) is 4.42. The van der Waals surface area contributed by atoms with Gasteiger partial charge in [-0.3, -0.25) is 0 Å². The number of rotatable bonds is 4. The zero-order chi connectivity index (χ0) is 13.7. The molecule has 0 bridgehead atoms. The van der Waals surface area contributed by atoms with Crippen molar-refractivity contribution in [1.82, 2.24) is 9.97 Å². The van der Waals surface area contributed by atoms with Gasteiger partial charge in [0.15, 0.2) is 5.16 Å². The van der Waals surface area contributed by atoms with Gasteiger partial charge in [-0.1, -0.05) is 11.8 Å². The van der Waals surface area contributed by atoms with Crippen LogP contribution in [0, 0.1) is 11.3 Å². The number of aromatic nitrogens is 2. The molecular weight excluding hydrogens is 264 g/mol. The van der Waals surface area contributed by atoms with Crippen molar-refractivity contribution in [2.24, 2.45) is 0 Å². The molecule has 0 aromatic carbocycles. The van der Waals surface area contributed by atoms with E-state index in [4.69, 9.17) is 10.00 Å². The molecule has 6 nitrogen and oxygen atoms in total. The lowest BCUT2D eigenvalue weighted by Gasteiger charge is -2.32. The third kappa shape index (κ3) is 3.56. The summed E-state index contributed by atoms with van der Waals surface area (Å²) in [4.78, 5) is 8.30. The van der Waals surface area contributed by atoms with Crippen LogP contribution in [0.3, 0.4) is 0 Å². The Kier molecular flexibility index (Phi) is 4.58. The lowest BCUT2D eigenvalue weighted by atomic mass is 9.94. The summed E-state index contributed by atoms with van der Waals surface area (Å²) in [5.41, 5.74) is -0.413. The second-order valence-corrected chi connectivity index (χ2v) is 5.19. The summed E-state index contributed by atoms with van der Waals surface area (Å²) in [6.07, 6.45) is 4.54. The zero-order valence-electron chi connectivity index (χ0n) is 10.7. The van der Waals surface area contributed by atoms with Crippen molar-refractivity contribution in [3.8, 4) is 6.07 Å². The highest BCUT2D eigenvalue weighted by Gasteiger charge is 2.29. The highest BCUT2D eigenvalue weighted by molar-refractivity contribution is 7.98. The number of anilines is 1. The van der Waals surface area contributed by atoms with E-state index in [1.807, 2.05) is 12.3 Å². The van der Waals surface area contributed by atoms with Crippen LogP contribution in [0.1, 0.15) is 18.4 Å². The van der Waals surface area contributed by atoms with Gasteiger partial charge in [0, 0.05) is 32.6 Å². The van der Waals surface area contributed by atoms with Crippen molar-refractivity contribution in [2.45, 2.75) is 23.6 Å². The van der Waals surface area contributed by atoms with Gasteiger partial charge in [0.05, 0.1) is 11.8 Å². The Morgan fingerprint density at radius 1 is 1.58 bits per heavy atom. The highest BCUT2D eigenvalue weighted by Crippen LogP contribution is 2.22. The van der Waals surface area contributed by atoms with E-state index in [9.17, 15) is 5.11 Å². The molecule has 0 saturated carbocycles. The van der Waals surface area contributed by atoms with Gasteiger partial charge in [0.1, 0.15) is 17.5 Å². The summed E-state index contributed by atoms with van der Waals surface area (Å²) in [7, 11) is 0. The van der Waals surface area contributed by atoms with Crippen LogP contribution in [0.2, 0.25) is 0 Å². The number of hydrogen-bond donors (Lipinski definition) is 2. The molecule has 7 heteroatoms. The fourth-order valence-electron chi connectivity index (χ4n) is 1.86. The number of nitrogens with zero attached hydrogens (tertiary/aromatic N) is 3. The highest BCUT2D eigenvalue weighted by atomic mass is 32.2. The zero-order valence-corrected chi connectivity index (χ0v) is 11.5. The van der Waals surface area contributed by atoms with Crippen molar-refractivity contribution in [2.75, 3.05) is 31.3 Å². The van der Waals surface area contributed by atoms with Gasteiger partial charge in [-0.2, -0.15) is 5.26 Å². The molecule has 1 saturated heterocycles. The number of nitriles is 1. The number of ether oxygens (including phenoxy) is 1. The number of aliphatic hydroxyl groups is 1. The largest absolute Gasteiger partial charge is 0.388 e. The van der Waals surface area contributed by atoms with Crippen LogP contribution in [-0.2, 0) is 4.74 Å². The smallest absolute Gasteiger partial charge is 0.189 e. The normalized spacial score (nSPS) is 17.7. The topological polar surface area (TPSA) is 91.1 Å². The first-order chi connectivity index (χ1) is 9.17. The van der Waals surface area contributed by atoms with Gasteiger partial charge >= 0.3 is 0 Å². The molecule has 1 aliphatic rings. The minimum atomic E-state index is -0.796. The Bertz CT molecular complexity index is 483. The molecule has 102 valence electrons. The Labute approximate surface area is 116 Å². The molecule has 0 radical (unpaired) electrons. The summed E-state index contributed by atoms with van der Waals surface area (Å²) in [6.45, 7) is 1.47. The Morgan fingerprint density at radius 3 is 2.95 bits per heavy atom. The van der Waals surface area contributed by atoms with E-state index in [-0.39, 0.29) is 0 Å². The van der Waals surface area contributed by atoms with Gasteiger partial charge in [-0.15, -0.1) is 0 Å². The van der Waals surface area contributed by atoms with E-state index < -0.39 is 5.60 Å². The molecule has 0 spiro atoms. The average molecular weight is 280 g/mol. The van der Waals surface area contributed by atoms with Crippen LogP contribution in [-0.4, -0.2) is 46.7 Å². The van der Waals surface area contributed by atoms with Crippen molar-refractivity contribution >= 4 is 17.6 Å². The predicted molar refractivity (Wildman–Crippen MR) is 72.0 cm³/mol. The Morgan fingerprint density at radius 2 is 2.32 bits per heavy atom. The average Bonchev–Trinajstić information content (AvgIpc) is 2.45. The van der Waals surface area contributed by atoms with Gasteiger partial charge in [-0.05, 0) is 6.26 Å². The monoisotopic (exact) mass is 280 g/mol. The van der Waals surface area contributed by atoms with Crippen LogP contribution in [0.5, 0.6) is 0 Å². The summed E-state index contributed by atoms with van der Waals surface area (Å²) < 4.78 is 5.23. The Balaban J connectivity index is 2.07. The van der Waals surface area contributed by atoms with Crippen LogP contribution in [0.15, 0.2) is 11.4 Å². The minimum absolute atomic E-state index is 0.357. The van der Waals surface area contributed by atoms with E-state index in [0.717, 1.165) is 0 Å². The van der Waals surface area contributed by atoms with E-state index in [2.05, 4.69) is 15.3 Å². The summed E-state index contributed by atoms with van der Waals surface area (Å²) in [6, 6.07) is 2.04. The van der Waals surface area contributed by atoms with Gasteiger partial charge < -0.3 is 15.2 Å². The molecule has 0 amide bonds. The molecule has 0 atom stereocenters. The quantitative estimate of drug-likeness (QED) is 0.628. The first-order valence-electron chi connectivity index (χ1n) is 6.02. The molecule has 0 unspecified atom stereocenters. The van der Waals surface area contributed by atoms with Crippen LogP contribution >= 0.6 is 11.8 Å². The fraction of sp³-hybridized carbons (Fsp3) is 0.583. The van der Waals surface area contributed by atoms with Crippen molar-refractivity contribution < 1.29 is 9.84 Å². The molecular formula is C12H16N4O2S. The maximum absolute atomic E-state index is 10.3. The van der Waals surface area contributed by atoms with E-state index >= 15 is 0 Å². The molecule has 2 heterocycles. The van der Waals surface area contributed by atoms with Gasteiger partial charge in [0.2, 0.25) is 0 Å². The first-order valence-corrected chi connectivity index (χ1v) is 7.24. The van der Waals surface area contributed by atoms with Crippen LogP contribution in [0.25, 0.3) is 0 Å². The fourth-order valence-corrected chi connectivity index (χ4v) is 2.20. The number of nitrogens with one attached hydrogen (secondary N) is 1. The minimum Gasteiger partial charge on any atom is -0.388 e. The van der Waals surface area contributed by atoms with E-state index in [1.54, 1.807) is 0 Å². The first kappa shape index (κ1) is 14.1. The van der Waals surface area contributed by atoms with Gasteiger partial charge in [-0.25, -0.2) is 9.97 Å². The lowest BCUT2D eigenvalue weighted by Crippen LogP contribution is -2.42.